The highest BCUT2D eigenvalue weighted by atomic mass is 35.5. The average molecular weight is 609 g/mol. The third-order valence-corrected chi connectivity index (χ3v) is 9.90. The molecule has 7 heteroatoms. The van der Waals surface area contributed by atoms with E-state index in [1.807, 2.05) is 65.9 Å². The molecule has 0 atom stereocenters. The number of fused-ring (bicyclic) bond motifs is 1. The Morgan fingerprint density at radius 1 is 1.00 bits per heavy atom. The van der Waals surface area contributed by atoms with Crippen LogP contribution in [0.15, 0.2) is 72.9 Å². The molecule has 43 heavy (non-hydrogen) atoms. The van der Waals surface area contributed by atoms with Gasteiger partial charge in [-0.3, -0.25) is 0 Å². The molecule has 1 saturated heterocycles. The molecule has 0 bridgehead atoms. The minimum Gasteiger partial charge on any atom is -0.457 e. The molecule has 2 aromatic heterocycles. The van der Waals surface area contributed by atoms with Crippen LogP contribution in [0.25, 0.3) is 22.2 Å². The zero-order chi connectivity index (χ0) is 29.6. The molecule has 3 heterocycles. The van der Waals surface area contributed by atoms with Crippen molar-refractivity contribution in [2.45, 2.75) is 57.8 Å². The first-order valence-corrected chi connectivity index (χ1v) is 16.5. The minimum atomic E-state index is 0.540. The van der Waals surface area contributed by atoms with Gasteiger partial charge >= 0.3 is 0 Å². The van der Waals surface area contributed by atoms with E-state index in [0.29, 0.717) is 10.9 Å². The van der Waals surface area contributed by atoms with Gasteiger partial charge in [-0.25, -0.2) is 4.98 Å². The summed E-state index contributed by atoms with van der Waals surface area (Å²) in [6.07, 6.45) is 10.0. The number of nitriles is 1. The Bertz CT molecular complexity index is 1690. The quantitative estimate of drug-likeness (QED) is 0.152. The molecular weight excluding hydrogens is 572 g/mol. The number of hydrogen-bond acceptors (Lipinski definition) is 5. The van der Waals surface area contributed by atoms with E-state index < -0.39 is 0 Å². The van der Waals surface area contributed by atoms with Gasteiger partial charge in [-0.1, -0.05) is 24.9 Å². The fraction of sp³-hybridized carbons (Fsp3) is 0.333. The number of ether oxygens (including phenoxy) is 1. The first-order valence-electron chi connectivity index (χ1n) is 15.4. The average Bonchev–Trinajstić information content (AvgIpc) is 3.65. The van der Waals surface area contributed by atoms with Crippen LogP contribution < -0.4 is 4.74 Å². The molecule has 5 aromatic rings. The molecule has 6 rings (SSSR count). The summed E-state index contributed by atoms with van der Waals surface area (Å²) in [5, 5.41) is 12.4. The first kappa shape index (κ1) is 29.4. The number of aryl methyl sites for hydroxylation is 2. The van der Waals surface area contributed by atoms with Gasteiger partial charge in [-0.2, -0.15) is 5.26 Å². The maximum absolute atomic E-state index is 9.25. The van der Waals surface area contributed by atoms with E-state index in [4.69, 9.17) is 21.3 Å². The van der Waals surface area contributed by atoms with Crippen molar-refractivity contribution in [3.8, 4) is 28.8 Å². The van der Waals surface area contributed by atoms with E-state index in [0.717, 1.165) is 79.2 Å². The van der Waals surface area contributed by atoms with Crippen molar-refractivity contribution in [2.75, 3.05) is 19.6 Å². The largest absolute Gasteiger partial charge is 0.457 e. The Morgan fingerprint density at radius 3 is 2.47 bits per heavy atom. The van der Waals surface area contributed by atoms with Crippen LogP contribution in [0.1, 0.15) is 66.0 Å². The number of hydrogen-bond donors (Lipinski definition) is 1. The van der Waals surface area contributed by atoms with Crippen LogP contribution >= 0.6 is 22.9 Å². The fourth-order valence-corrected chi connectivity index (χ4v) is 7.48. The highest BCUT2D eigenvalue weighted by Crippen LogP contribution is 2.38. The number of piperidine rings is 1. The molecule has 3 aromatic carbocycles. The van der Waals surface area contributed by atoms with E-state index in [1.165, 1.54) is 40.1 Å². The summed E-state index contributed by atoms with van der Waals surface area (Å²) in [5.74, 6) is 2.12. The van der Waals surface area contributed by atoms with Gasteiger partial charge in [-0.15, -0.1) is 11.3 Å². The standard InChI is InChI=1S/C36H37ClN4OS/c1-2-5-34-35(26-8-12-30(13-9-26)42-31-14-10-29(37)11-15-31)40-36(43-34)27-17-20-41(21-18-27)19-4-3-6-28-24-39-33-16-7-25(23-38)22-32(28)33/h7-16,22,24,27,39H,2-6,17-21H2,1H3. The Morgan fingerprint density at radius 2 is 1.74 bits per heavy atom. The highest BCUT2D eigenvalue weighted by Gasteiger charge is 2.25. The van der Waals surface area contributed by atoms with Gasteiger partial charge in [0.15, 0.2) is 0 Å². The Labute approximate surface area is 263 Å². The second kappa shape index (κ2) is 13.8. The summed E-state index contributed by atoms with van der Waals surface area (Å²) in [6, 6.07) is 23.9. The lowest BCUT2D eigenvalue weighted by atomic mass is 9.97. The number of thiazole rings is 1. The van der Waals surface area contributed by atoms with Crippen LogP contribution in [0.2, 0.25) is 5.02 Å². The number of benzene rings is 3. The Hall–Kier alpha value is -3.63. The predicted molar refractivity (Wildman–Crippen MR) is 177 cm³/mol. The number of nitrogens with one attached hydrogen (secondary N) is 1. The van der Waals surface area contributed by atoms with Crippen molar-refractivity contribution in [1.29, 1.82) is 5.26 Å². The van der Waals surface area contributed by atoms with Gasteiger partial charge in [0.25, 0.3) is 0 Å². The maximum Gasteiger partial charge on any atom is 0.127 e. The Balaban J connectivity index is 1.02. The fourth-order valence-electron chi connectivity index (χ4n) is 6.00. The molecular formula is C36H37ClN4OS. The molecule has 1 fully saturated rings. The van der Waals surface area contributed by atoms with Crippen molar-refractivity contribution in [2.24, 2.45) is 0 Å². The summed E-state index contributed by atoms with van der Waals surface area (Å²) in [4.78, 5) is 12.6. The van der Waals surface area contributed by atoms with Crippen molar-refractivity contribution < 1.29 is 4.74 Å². The van der Waals surface area contributed by atoms with Crippen LogP contribution in [0, 0.1) is 11.3 Å². The number of H-pyrrole nitrogens is 1. The maximum atomic E-state index is 9.25. The summed E-state index contributed by atoms with van der Waals surface area (Å²) < 4.78 is 6.00. The summed E-state index contributed by atoms with van der Waals surface area (Å²) in [5.41, 5.74) is 5.45. The molecule has 220 valence electrons. The molecule has 0 unspecified atom stereocenters. The van der Waals surface area contributed by atoms with Crippen molar-refractivity contribution in [3.05, 3.63) is 99.0 Å². The molecule has 0 radical (unpaired) electrons. The number of aromatic nitrogens is 2. The number of likely N-dealkylation sites (tertiary alicyclic amines) is 1. The van der Waals surface area contributed by atoms with Crippen LogP contribution in [-0.4, -0.2) is 34.5 Å². The molecule has 5 nitrogen and oxygen atoms in total. The van der Waals surface area contributed by atoms with Gasteiger partial charge in [0.2, 0.25) is 0 Å². The molecule has 1 aliphatic heterocycles. The third kappa shape index (κ3) is 7.13. The second-order valence-electron chi connectivity index (χ2n) is 11.4. The summed E-state index contributed by atoms with van der Waals surface area (Å²) in [7, 11) is 0. The van der Waals surface area contributed by atoms with Crippen LogP contribution in [-0.2, 0) is 12.8 Å². The van der Waals surface area contributed by atoms with Gasteiger partial charge < -0.3 is 14.6 Å². The number of halogens is 1. The SMILES string of the molecule is CCCc1sc(C2CCN(CCCCc3c[nH]c4ccc(C#N)cc34)CC2)nc1-c1ccc(Oc2ccc(Cl)cc2)cc1. The first-order chi connectivity index (χ1) is 21.1. The number of nitrogens with zero attached hydrogens (tertiary/aromatic N) is 3. The van der Waals surface area contributed by atoms with Crippen LogP contribution in [0.4, 0.5) is 0 Å². The van der Waals surface area contributed by atoms with Gasteiger partial charge in [0, 0.05) is 38.5 Å². The number of unbranched alkanes of at least 4 members (excludes halogenated alkanes) is 1. The lowest BCUT2D eigenvalue weighted by Crippen LogP contribution is -2.33. The minimum absolute atomic E-state index is 0.540. The zero-order valence-electron chi connectivity index (χ0n) is 24.6. The summed E-state index contributed by atoms with van der Waals surface area (Å²) in [6.45, 7) is 5.66. The van der Waals surface area contributed by atoms with Crippen LogP contribution in [0.3, 0.4) is 0 Å². The normalized spacial score (nSPS) is 14.3. The molecule has 0 aliphatic carbocycles. The molecule has 1 aliphatic rings. The molecule has 0 amide bonds. The monoisotopic (exact) mass is 608 g/mol. The molecule has 1 N–H and O–H groups in total. The lowest BCUT2D eigenvalue weighted by Gasteiger charge is -2.31. The van der Waals surface area contributed by atoms with Gasteiger partial charge in [0.1, 0.15) is 11.5 Å². The second-order valence-corrected chi connectivity index (χ2v) is 13.0. The van der Waals surface area contributed by atoms with Gasteiger partial charge in [-0.05, 0) is 130 Å². The summed E-state index contributed by atoms with van der Waals surface area (Å²) >= 11 is 7.92. The number of aromatic amines is 1. The topological polar surface area (TPSA) is 64.9 Å². The smallest absolute Gasteiger partial charge is 0.127 e. The van der Waals surface area contributed by atoms with E-state index in [9.17, 15) is 5.26 Å². The molecule has 0 saturated carbocycles. The van der Waals surface area contributed by atoms with Gasteiger partial charge in [0.05, 0.1) is 22.3 Å². The lowest BCUT2D eigenvalue weighted by molar-refractivity contribution is 0.209. The van der Waals surface area contributed by atoms with E-state index >= 15 is 0 Å². The van der Waals surface area contributed by atoms with Crippen molar-refractivity contribution >= 4 is 33.8 Å². The zero-order valence-corrected chi connectivity index (χ0v) is 26.2. The van der Waals surface area contributed by atoms with E-state index in [1.54, 1.807) is 0 Å². The predicted octanol–water partition coefficient (Wildman–Crippen LogP) is 9.76. The van der Waals surface area contributed by atoms with Crippen molar-refractivity contribution in [1.82, 2.24) is 14.9 Å². The van der Waals surface area contributed by atoms with Crippen LogP contribution in [0.5, 0.6) is 11.5 Å². The number of rotatable bonds is 11. The van der Waals surface area contributed by atoms with Crippen molar-refractivity contribution in [3.63, 3.8) is 0 Å². The van der Waals surface area contributed by atoms with E-state index in [2.05, 4.69) is 41.2 Å². The third-order valence-electron chi connectivity index (χ3n) is 8.37. The Kier molecular flexibility index (Phi) is 9.43. The molecule has 0 spiro atoms. The van der Waals surface area contributed by atoms with E-state index in [-0.39, 0.29) is 0 Å². The highest BCUT2D eigenvalue weighted by molar-refractivity contribution is 7.12.